The number of nitrogens with one attached hydrogen (secondary N) is 1. The average molecular weight is 314 g/mol. The summed E-state index contributed by atoms with van der Waals surface area (Å²) in [6.07, 6.45) is 0.594. The van der Waals surface area contributed by atoms with E-state index >= 15 is 0 Å². The van der Waals surface area contributed by atoms with Gasteiger partial charge in [-0.25, -0.2) is 12.8 Å². The van der Waals surface area contributed by atoms with Crippen LogP contribution in [-0.2, 0) is 9.84 Å². The summed E-state index contributed by atoms with van der Waals surface area (Å²) in [5, 5.41) is 2.66. The zero-order valence-electron chi connectivity index (χ0n) is 9.84. The fourth-order valence-electron chi connectivity index (χ4n) is 1.42. The molecule has 0 aromatic heterocycles. The van der Waals surface area contributed by atoms with E-state index in [0.717, 1.165) is 0 Å². The second-order valence-corrected chi connectivity index (χ2v) is 6.95. The first-order valence-corrected chi connectivity index (χ1v) is 8.02. The van der Waals surface area contributed by atoms with E-state index in [1.165, 1.54) is 12.1 Å². The maximum absolute atomic E-state index is 13.1. The van der Waals surface area contributed by atoms with E-state index in [9.17, 15) is 12.8 Å². The molecule has 102 valence electrons. The lowest BCUT2D eigenvalue weighted by Gasteiger charge is -2.08. The summed E-state index contributed by atoms with van der Waals surface area (Å²) in [5.41, 5.74) is 0.498. The van der Waals surface area contributed by atoms with Gasteiger partial charge in [-0.15, -0.1) is 0 Å². The molecule has 0 atom stereocenters. The first-order chi connectivity index (χ1) is 8.35. The van der Waals surface area contributed by atoms with Gasteiger partial charge < -0.3 is 5.32 Å². The minimum absolute atomic E-state index is 0.0213. The molecular formula is C11H14Cl2FNO2S. The molecular weight excluding hydrogens is 300 g/mol. The lowest BCUT2D eigenvalue weighted by atomic mass is 10.3. The van der Waals surface area contributed by atoms with Crippen LogP contribution in [0.5, 0.6) is 0 Å². The molecule has 0 radical (unpaired) electrons. The van der Waals surface area contributed by atoms with Gasteiger partial charge in [-0.05, 0) is 18.6 Å². The molecule has 0 aliphatic rings. The number of rotatable bonds is 6. The number of anilines is 1. The SMILES string of the molecule is CCCS(=O)(=O)CCNc1cc(Cl)c(F)c(Cl)c1. The zero-order chi connectivity index (χ0) is 13.8. The van der Waals surface area contributed by atoms with Gasteiger partial charge in [0.1, 0.15) is 0 Å². The molecule has 0 aliphatic heterocycles. The fourth-order valence-corrected chi connectivity index (χ4v) is 3.15. The number of hydrogen-bond acceptors (Lipinski definition) is 3. The van der Waals surface area contributed by atoms with Crippen molar-refractivity contribution in [1.29, 1.82) is 0 Å². The summed E-state index contributed by atoms with van der Waals surface area (Å²) in [4.78, 5) is 0. The number of halogens is 3. The van der Waals surface area contributed by atoms with Gasteiger partial charge in [0.05, 0.1) is 15.8 Å². The van der Waals surface area contributed by atoms with E-state index < -0.39 is 15.7 Å². The summed E-state index contributed by atoms with van der Waals surface area (Å²) in [6, 6.07) is 2.74. The van der Waals surface area contributed by atoms with Crippen molar-refractivity contribution in [2.45, 2.75) is 13.3 Å². The Morgan fingerprint density at radius 2 is 1.78 bits per heavy atom. The summed E-state index contributed by atoms with van der Waals surface area (Å²) >= 11 is 11.2. The third-order valence-electron chi connectivity index (χ3n) is 2.24. The molecule has 0 saturated carbocycles. The van der Waals surface area contributed by atoms with Gasteiger partial charge in [-0.3, -0.25) is 0 Å². The van der Waals surface area contributed by atoms with Gasteiger partial charge in [0.15, 0.2) is 15.7 Å². The predicted octanol–water partition coefficient (Wildman–Crippen LogP) is 3.37. The van der Waals surface area contributed by atoms with E-state index in [-0.39, 0.29) is 28.1 Å². The van der Waals surface area contributed by atoms with Crippen LogP contribution in [0.2, 0.25) is 10.0 Å². The number of benzene rings is 1. The lowest BCUT2D eigenvalue weighted by molar-refractivity contribution is 0.595. The highest BCUT2D eigenvalue weighted by atomic mass is 35.5. The molecule has 3 nitrogen and oxygen atoms in total. The van der Waals surface area contributed by atoms with Gasteiger partial charge in [0, 0.05) is 18.0 Å². The zero-order valence-corrected chi connectivity index (χ0v) is 12.2. The van der Waals surface area contributed by atoms with Gasteiger partial charge in [-0.1, -0.05) is 30.1 Å². The lowest BCUT2D eigenvalue weighted by Crippen LogP contribution is -2.18. The molecule has 0 aliphatic carbocycles. The van der Waals surface area contributed by atoms with Crippen LogP contribution in [0.1, 0.15) is 13.3 Å². The molecule has 1 aromatic rings. The first kappa shape index (κ1) is 15.5. The van der Waals surface area contributed by atoms with Crippen molar-refractivity contribution in [1.82, 2.24) is 0 Å². The Hall–Kier alpha value is -0.520. The smallest absolute Gasteiger partial charge is 0.160 e. The van der Waals surface area contributed by atoms with Gasteiger partial charge in [0.25, 0.3) is 0 Å². The summed E-state index contributed by atoms with van der Waals surface area (Å²) in [7, 11) is -3.03. The standard InChI is InChI=1S/C11H14Cl2FNO2S/c1-2-4-18(16,17)5-3-15-8-6-9(12)11(14)10(13)7-8/h6-7,15H,2-5H2,1H3. The molecule has 18 heavy (non-hydrogen) atoms. The Labute approximate surface area is 116 Å². The van der Waals surface area contributed by atoms with E-state index in [1.807, 2.05) is 6.92 Å². The van der Waals surface area contributed by atoms with Crippen LogP contribution in [0, 0.1) is 5.82 Å². The van der Waals surface area contributed by atoms with Crippen LogP contribution in [0.15, 0.2) is 12.1 Å². The van der Waals surface area contributed by atoms with Crippen molar-refractivity contribution in [3.63, 3.8) is 0 Å². The normalized spacial score (nSPS) is 11.6. The van der Waals surface area contributed by atoms with Crippen molar-refractivity contribution in [3.05, 3.63) is 28.0 Å². The number of sulfone groups is 1. The maximum Gasteiger partial charge on any atom is 0.160 e. The van der Waals surface area contributed by atoms with Crippen LogP contribution in [0.25, 0.3) is 0 Å². The first-order valence-electron chi connectivity index (χ1n) is 5.44. The minimum Gasteiger partial charge on any atom is -0.384 e. The Kier molecular flexibility index (Phi) is 5.69. The molecule has 1 N–H and O–H groups in total. The van der Waals surface area contributed by atoms with E-state index in [0.29, 0.717) is 12.1 Å². The van der Waals surface area contributed by atoms with Crippen molar-refractivity contribution < 1.29 is 12.8 Å². The average Bonchev–Trinajstić information content (AvgIpc) is 2.25. The predicted molar refractivity (Wildman–Crippen MR) is 73.9 cm³/mol. The Bertz CT molecular complexity index is 497. The van der Waals surface area contributed by atoms with Crippen molar-refractivity contribution >= 4 is 38.7 Å². The summed E-state index contributed by atoms with van der Waals surface area (Å²) < 4.78 is 36.0. The fraction of sp³-hybridized carbons (Fsp3) is 0.455. The highest BCUT2D eigenvalue weighted by Gasteiger charge is 2.10. The quantitative estimate of drug-likeness (QED) is 0.819. The molecule has 0 spiro atoms. The molecule has 7 heteroatoms. The van der Waals surface area contributed by atoms with Crippen molar-refractivity contribution in [2.75, 3.05) is 23.4 Å². The van der Waals surface area contributed by atoms with E-state index in [2.05, 4.69) is 5.32 Å². The third kappa shape index (κ3) is 4.63. The van der Waals surface area contributed by atoms with Crippen molar-refractivity contribution in [3.8, 4) is 0 Å². The Morgan fingerprint density at radius 1 is 1.22 bits per heavy atom. The van der Waals surface area contributed by atoms with Crippen LogP contribution >= 0.6 is 23.2 Å². The molecule has 0 unspecified atom stereocenters. The van der Waals surface area contributed by atoms with Crippen molar-refractivity contribution in [2.24, 2.45) is 0 Å². The maximum atomic E-state index is 13.1. The van der Waals surface area contributed by atoms with Gasteiger partial charge in [-0.2, -0.15) is 0 Å². The molecule has 0 saturated heterocycles. The highest BCUT2D eigenvalue weighted by molar-refractivity contribution is 7.91. The molecule has 0 amide bonds. The molecule has 0 heterocycles. The summed E-state index contributed by atoms with van der Waals surface area (Å²) in [5.74, 6) is -0.491. The van der Waals surface area contributed by atoms with Crippen LogP contribution in [0.3, 0.4) is 0 Å². The molecule has 1 aromatic carbocycles. The van der Waals surface area contributed by atoms with Gasteiger partial charge in [0.2, 0.25) is 0 Å². The van der Waals surface area contributed by atoms with E-state index in [1.54, 1.807) is 0 Å². The summed E-state index contributed by atoms with van der Waals surface area (Å²) in [6.45, 7) is 2.05. The second kappa shape index (κ2) is 6.59. The number of hydrogen-bond donors (Lipinski definition) is 1. The van der Waals surface area contributed by atoms with E-state index in [4.69, 9.17) is 23.2 Å². The third-order valence-corrected chi connectivity index (χ3v) is 4.65. The topological polar surface area (TPSA) is 46.2 Å². The molecule has 0 fully saturated rings. The Morgan fingerprint density at radius 3 is 2.28 bits per heavy atom. The molecule has 1 rings (SSSR count). The minimum atomic E-state index is -3.03. The van der Waals surface area contributed by atoms with Crippen LogP contribution in [-0.4, -0.2) is 26.5 Å². The van der Waals surface area contributed by atoms with Crippen LogP contribution in [0.4, 0.5) is 10.1 Å². The van der Waals surface area contributed by atoms with Crippen LogP contribution < -0.4 is 5.32 Å². The Balaban J connectivity index is 2.60. The molecule has 0 bridgehead atoms. The second-order valence-electron chi connectivity index (χ2n) is 3.83. The highest BCUT2D eigenvalue weighted by Crippen LogP contribution is 2.27. The largest absolute Gasteiger partial charge is 0.384 e. The van der Waals surface area contributed by atoms with Gasteiger partial charge >= 0.3 is 0 Å². The monoisotopic (exact) mass is 313 g/mol.